The van der Waals surface area contributed by atoms with Crippen molar-refractivity contribution in [3.8, 4) is 11.5 Å². The minimum absolute atomic E-state index is 0.374. The molecular formula is C16H13ClO3. The molecule has 0 atom stereocenters. The summed E-state index contributed by atoms with van der Waals surface area (Å²) in [6, 6.07) is 15.0. The third-order valence-corrected chi connectivity index (χ3v) is 3.21. The van der Waals surface area contributed by atoms with Crippen LogP contribution in [0.1, 0.15) is 5.76 Å². The lowest BCUT2D eigenvalue weighted by molar-refractivity contribution is 0.274. The van der Waals surface area contributed by atoms with E-state index < -0.39 is 0 Å². The Balaban J connectivity index is 1.72. The van der Waals surface area contributed by atoms with Crippen LogP contribution < -0.4 is 9.47 Å². The molecule has 102 valence electrons. The molecule has 0 spiro atoms. The molecule has 3 rings (SSSR count). The topological polar surface area (TPSA) is 31.6 Å². The van der Waals surface area contributed by atoms with Gasteiger partial charge in [0, 0.05) is 16.5 Å². The van der Waals surface area contributed by atoms with Crippen LogP contribution in [-0.4, -0.2) is 7.11 Å². The van der Waals surface area contributed by atoms with Crippen LogP contribution in [0.4, 0.5) is 0 Å². The lowest BCUT2D eigenvalue weighted by atomic mass is 10.2. The van der Waals surface area contributed by atoms with E-state index >= 15 is 0 Å². The van der Waals surface area contributed by atoms with E-state index in [4.69, 9.17) is 25.5 Å². The molecule has 2 aromatic carbocycles. The highest BCUT2D eigenvalue weighted by atomic mass is 35.5. The summed E-state index contributed by atoms with van der Waals surface area (Å²) in [7, 11) is 1.63. The van der Waals surface area contributed by atoms with Crippen molar-refractivity contribution in [3.63, 3.8) is 0 Å². The van der Waals surface area contributed by atoms with Gasteiger partial charge in [0.2, 0.25) is 0 Å². The minimum Gasteiger partial charge on any atom is -0.497 e. The Morgan fingerprint density at radius 2 is 1.75 bits per heavy atom. The fourth-order valence-corrected chi connectivity index (χ4v) is 2.12. The highest BCUT2D eigenvalue weighted by Gasteiger charge is 2.05. The van der Waals surface area contributed by atoms with Gasteiger partial charge in [-0.1, -0.05) is 11.6 Å². The third kappa shape index (κ3) is 2.73. The summed E-state index contributed by atoms with van der Waals surface area (Å²) in [5, 5.41) is 1.68. The maximum atomic E-state index is 5.93. The van der Waals surface area contributed by atoms with Gasteiger partial charge in [0.25, 0.3) is 0 Å². The fraction of sp³-hybridized carbons (Fsp3) is 0.125. The van der Waals surface area contributed by atoms with Gasteiger partial charge in [-0.3, -0.25) is 0 Å². The zero-order valence-corrected chi connectivity index (χ0v) is 11.7. The summed E-state index contributed by atoms with van der Waals surface area (Å²) in [5.41, 5.74) is 0.769. The monoisotopic (exact) mass is 288 g/mol. The summed E-state index contributed by atoms with van der Waals surface area (Å²) in [6.45, 7) is 0.374. The maximum Gasteiger partial charge on any atom is 0.146 e. The van der Waals surface area contributed by atoms with Crippen molar-refractivity contribution in [3.05, 3.63) is 59.3 Å². The molecule has 4 heteroatoms. The fourth-order valence-electron chi connectivity index (χ4n) is 1.96. The number of methoxy groups -OCH3 is 1. The average Bonchev–Trinajstić information content (AvgIpc) is 2.87. The first-order chi connectivity index (χ1) is 9.74. The molecule has 3 nitrogen and oxygen atoms in total. The summed E-state index contributed by atoms with van der Waals surface area (Å²) in [5.74, 6) is 2.33. The molecule has 0 saturated carbocycles. The Labute approximate surface area is 121 Å². The molecule has 0 amide bonds. The largest absolute Gasteiger partial charge is 0.497 e. The molecule has 0 unspecified atom stereocenters. The molecule has 0 aliphatic carbocycles. The van der Waals surface area contributed by atoms with Crippen molar-refractivity contribution < 1.29 is 13.9 Å². The number of ether oxygens (including phenoxy) is 2. The average molecular weight is 289 g/mol. The van der Waals surface area contributed by atoms with Gasteiger partial charge in [-0.05, 0) is 42.5 Å². The Morgan fingerprint density at radius 1 is 1.00 bits per heavy atom. The maximum absolute atomic E-state index is 5.93. The number of fused-ring (bicyclic) bond motifs is 1. The molecule has 1 heterocycles. The SMILES string of the molecule is COc1ccc(OCc2cc3ccc(Cl)cc3o2)cc1. The predicted octanol–water partition coefficient (Wildman–Crippen LogP) is 4.67. The number of halogens is 1. The Bertz CT molecular complexity index is 716. The van der Waals surface area contributed by atoms with Crippen LogP contribution in [0.2, 0.25) is 5.02 Å². The first-order valence-electron chi connectivity index (χ1n) is 6.19. The Kier molecular flexibility index (Phi) is 3.52. The standard InChI is InChI=1S/C16H13ClO3/c1-18-13-4-6-14(7-5-13)19-10-15-8-11-2-3-12(17)9-16(11)20-15/h2-9H,10H2,1H3. The molecular weight excluding hydrogens is 276 g/mol. The second-order valence-electron chi connectivity index (χ2n) is 4.36. The number of hydrogen-bond donors (Lipinski definition) is 0. The van der Waals surface area contributed by atoms with Gasteiger partial charge in [-0.2, -0.15) is 0 Å². The van der Waals surface area contributed by atoms with E-state index in [-0.39, 0.29) is 0 Å². The van der Waals surface area contributed by atoms with E-state index in [1.165, 1.54) is 0 Å². The lowest BCUT2D eigenvalue weighted by Gasteiger charge is -2.05. The molecule has 0 aliphatic heterocycles. The van der Waals surface area contributed by atoms with Crippen LogP contribution in [0.25, 0.3) is 11.0 Å². The van der Waals surface area contributed by atoms with Gasteiger partial charge < -0.3 is 13.9 Å². The molecule has 20 heavy (non-hydrogen) atoms. The summed E-state index contributed by atoms with van der Waals surface area (Å²) in [6.07, 6.45) is 0. The zero-order chi connectivity index (χ0) is 13.9. The van der Waals surface area contributed by atoms with Crippen LogP contribution in [-0.2, 0) is 6.61 Å². The van der Waals surface area contributed by atoms with Crippen LogP contribution in [0, 0.1) is 0 Å². The van der Waals surface area contributed by atoms with Gasteiger partial charge in [0.15, 0.2) is 0 Å². The first kappa shape index (κ1) is 12.9. The second kappa shape index (κ2) is 5.47. The van der Waals surface area contributed by atoms with Crippen molar-refractivity contribution in [1.29, 1.82) is 0 Å². The van der Waals surface area contributed by atoms with E-state index in [0.29, 0.717) is 11.6 Å². The molecule has 1 aromatic heterocycles. The summed E-state index contributed by atoms with van der Waals surface area (Å²) >= 11 is 5.93. The van der Waals surface area contributed by atoms with Crippen molar-refractivity contribution in [2.45, 2.75) is 6.61 Å². The third-order valence-electron chi connectivity index (χ3n) is 2.97. The van der Waals surface area contributed by atoms with Gasteiger partial charge in [-0.15, -0.1) is 0 Å². The highest BCUT2D eigenvalue weighted by molar-refractivity contribution is 6.31. The molecule has 0 saturated heterocycles. The molecule has 0 radical (unpaired) electrons. The Hall–Kier alpha value is -2.13. The molecule has 3 aromatic rings. The quantitative estimate of drug-likeness (QED) is 0.699. The van der Waals surface area contributed by atoms with Gasteiger partial charge >= 0.3 is 0 Å². The van der Waals surface area contributed by atoms with Crippen molar-refractivity contribution in [1.82, 2.24) is 0 Å². The second-order valence-corrected chi connectivity index (χ2v) is 4.80. The normalized spacial score (nSPS) is 10.7. The molecule has 0 fully saturated rings. The van der Waals surface area contributed by atoms with E-state index in [2.05, 4.69) is 0 Å². The Morgan fingerprint density at radius 3 is 2.50 bits per heavy atom. The van der Waals surface area contributed by atoms with Crippen LogP contribution in [0.3, 0.4) is 0 Å². The zero-order valence-electron chi connectivity index (χ0n) is 10.9. The van der Waals surface area contributed by atoms with Gasteiger partial charge in [-0.25, -0.2) is 0 Å². The van der Waals surface area contributed by atoms with E-state index in [0.717, 1.165) is 28.2 Å². The first-order valence-corrected chi connectivity index (χ1v) is 6.57. The smallest absolute Gasteiger partial charge is 0.146 e. The predicted molar refractivity (Wildman–Crippen MR) is 78.6 cm³/mol. The highest BCUT2D eigenvalue weighted by Crippen LogP contribution is 2.24. The molecule has 0 bridgehead atoms. The number of benzene rings is 2. The van der Waals surface area contributed by atoms with Gasteiger partial charge in [0.05, 0.1) is 7.11 Å². The van der Waals surface area contributed by atoms with Crippen molar-refractivity contribution in [2.24, 2.45) is 0 Å². The lowest BCUT2D eigenvalue weighted by Crippen LogP contribution is -1.93. The number of rotatable bonds is 4. The van der Waals surface area contributed by atoms with Crippen LogP contribution in [0.15, 0.2) is 52.9 Å². The van der Waals surface area contributed by atoms with E-state index in [9.17, 15) is 0 Å². The van der Waals surface area contributed by atoms with E-state index in [1.54, 1.807) is 13.2 Å². The van der Waals surface area contributed by atoms with Crippen molar-refractivity contribution >= 4 is 22.6 Å². The number of hydrogen-bond acceptors (Lipinski definition) is 3. The molecule has 0 N–H and O–H groups in total. The molecule has 0 aliphatic rings. The minimum atomic E-state index is 0.374. The summed E-state index contributed by atoms with van der Waals surface area (Å²) < 4.78 is 16.4. The number of furan rings is 1. The summed E-state index contributed by atoms with van der Waals surface area (Å²) in [4.78, 5) is 0. The van der Waals surface area contributed by atoms with Gasteiger partial charge in [0.1, 0.15) is 29.4 Å². The van der Waals surface area contributed by atoms with E-state index in [1.807, 2.05) is 42.5 Å². The van der Waals surface area contributed by atoms with Crippen LogP contribution in [0.5, 0.6) is 11.5 Å². The van der Waals surface area contributed by atoms with Crippen LogP contribution >= 0.6 is 11.6 Å². The van der Waals surface area contributed by atoms with Crippen molar-refractivity contribution in [2.75, 3.05) is 7.11 Å².